The average Bonchev–Trinajstić information content (AvgIpc) is 3.94. The van der Waals surface area contributed by atoms with Gasteiger partial charge in [0.05, 0.1) is 30.1 Å². The number of ketones is 4. The molecule has 0 N–H and O–H groups in total. The number of hydrogen-bond donors (Lipinski definition) is 0. The number of benzene rings is 2. The minimum atomic E-state index is -1.18. The van der Waals surface area contributed by atoms with Crippen molar-refractivity contribution in [2.75, 3.05) is 0 Å². The zero-order chi connectivity index (χ0) is 34.4. The first-order valence-electron chi connectivity index (χ1n) is 15.8. The first-order valence-corrected chi connectivity index (χ1v) is 19.0. The van der Waals surface area contributed by atoms with Crippen LogP contribution in [0.2, 0.25) is 0 Å². The highest BCUT2D eigenvalue weighted by atomic mass is 32.1. The third-order valence-corrected chi connectivity index (χ3v) is 15.4. The van der Waals surface area contributed by atoms with Crippen molar-refractivity contribution < 1.29 is 36.7 Å². The summed E-state index contributed by atoms with van der Waals surface area (Å²) in [6, 6.07) is 7.17. The van der Waals surface area contributed by atoms with Crippen molar-refractivity contribution in [1.29, 1.82) is 0 Å². The molecule has 4 nitrogen and oxygen atoms in total. The molecular weight excluding hydrogens is 725 g/mol. The molecule has 1 spiro atoms. The van der Waals surface area contributed by atoms with Gasteiger partial charge in [-0.1, -0.05) is 19.3 Å². The summed E-state index contributed by atoms with van der Waals surface area (Å²) in [5, 5.41) is 0. The van der Waals surface area contributed by atoms with Crippen LogP contribution < -0.4 is 0 Å². The van der Waals surface area contributed by atoms with E-state index in [1.54, 1.807) is 28.7 Å². The fraction of sp³-hybridized carbons (Fsp3) is 0.158. The smallest absolute Gasteiger partial charge is 0.197 e. The standard InChI is InChI=1S/C38H18F4O4S4/c39-23-10-16-17(11-24(23)40)30(44)20(29(16)43)6-14-8-22-33(47-14)35-28(38(22)4-2-1-3-5-38)36-37(50-35)34-27(49-36)9-15(48-34)7-21-31(45)18-12-25(41)26(42)13-19(18)32(21)46/h6-13H,1-5H2. The van der Waals surface area contributed by atoms with Gasteiger partial charge in [0.1, 0.15) is 0 Å². The van der Waals surface area contributed by atoms with E-state index in [0.717, 1.165) is 85.1 Å². The molecule has 0 unspecified atom stereocenters. The first-order chi connectivity index (χ1) is 24.0. The highest BCUT2D eigenvalue weighted by Crippen LogP contribution is 2.65. The van der Waals surface area contributed by atoms with E-state index >= 15 is 0 Å². The molecule has 10 rings (SSSR count). The maximum absolute atomic E-state index is 13.9. The number of carbonyl (C=O) groups is 4. The number of rotatable bonds is 2. The molecule has 4 aromatic heterocycles. The second kappa shape index (κ2) is 10.3. The van der Waals surface area contributed by atoms with E-state index in [1.807, 2.05) is 6.07 Å². The van der Waals surface area contributed by atoms with Gasteiger partial charge in [0, 0.05) is 52.6 Å². The van der Waals surface area contributed by atoms with Crippen LogP contribution in [0.15, 0.2) is 47.5 Å². The largest absolute Gasteiger partial charge is 0.288 e. The van der Waals surface area contributed by atoms with E-state index in [-0.39, 0.29) is 38.8 Å². The number of halogens is 4. The van der Waals surface area contributed by atoms with Gasteiger partial charge in [-0.25, -0.2) is 17.6 Å². The molecule has 1 saturated carbocycles. The molecule has 6 aromatic rings. The summed E-state index contributed by atoms with van der Waals surface area (Å²) in [5.74, 6) is -7.18. The van der Waals surface area contributed by atoms with Crippen molar-refractivity contribution in [3.63, 3.8) is 0 Å². The molecule has 2 aromatic carbocycles. The van der Waals surface area contributed by atoms with Crippen LogP contribution in [-0.4, -0.2) is 23.1 Å². The highest BCUT2D eigenvalue weighted by molar-refractivity contribution is 7.40. The summed E-state index contributed by atoms with van der Waals surface area (Å²) in [6.45, 7) is 0. The van der Waals surface area contributed by atoms with Crippen LogP contribution in [-0.2, 0) is 5.41 Å². The second-order valence-corrected chi connectivity index (χ2v) is 17.2. The minimum absolute atomic E-state index is 0.102. The second-order valence-electron chi connectivity index (χ2n) is 13.0. The zero-order valence-corrected chi connectivity index (χ0v) is 28.7. The number of fused-ring (bicyclic) bond motifs is 11. The topological polar surface area (TPSA) is 68.3 Å². The van der Waals surface area contributed by atoms with Crippen molar-refractivity contribution in [1.82, 2.24) is 0 Å². The van der Waals surface area contributed by atoms with Crippen LogP contribution in [0.25, 0.3) is 40.7 Å². The average molecular weight is 743 g/mol. The van der Waals surface area contributed by atoms with Gasteiger partial charge in [-0.15, -0.1) is 45.3 Å². The lowest BCUT2D eigenvalue weighted by Crippen LogP contribution is -2.27. The fourth-order valence-electron chi connectivity index (χ4n) is 8.06. The maximum Gasteiger partial charge on any atom is 0.197 e. The first kappa shape index (κ1) is 30.5. The SMILES string of the molecule is O=C1C(=Cc2cc3c(s2)-c2sc4c(sc5cc(C=C6C(=O)c7cc(F)c(F)cc7C6=O)sc54)c2C32CCCCC2)C(=O)c2cc(F)c(F)cc21. The molecular formula is C38H18F4O4S4. The van der Waals surface area contributed by atoms with Crippen LogP contribution in [0.3, 0.4) is 0 Å². The van der Waals surface area contributed by atoms with Crippen molar-refractivity contribution >= 4 is 99.4 Å². The fourth-order valence-corrected chi connectivity index (χ4v) is 13.8. The number of thiophene rings is 4. The zero-order valence-electron chi connectivity index (χ0n) is 25.4. The lowest BCUT2D eigenvalue weighted by atomic mass is 9.68. The van der Waals surface area contributed by atoms with Crippen LogP contribution in [0, 0.1) is 23.3 Å². The molecule has 0 radical (unpaired) electrons. The Morgan fingerprint density at radius 1 is 0.520 bits per heavy atom. The van der Waals surface area contributed by atoms with Gasteiger partial charge in [-0.2, -0.15) is 0 Å². The molecule has 0 bridgehead atoms. The van der Waals surface area contributed by atoms with Gasteiger partial charge in [0.25, 0.3) is 0 Å². The van der Waals surface area contributed by atoms with E-state index in [2.05, 4.69) is 6.07 Å². The lowest BCUT2D eigenvalue weighted by molar-refractivity contribution is 0.0975. The molecule has 246 valence electrons. The predicted molar refractivity (Wildman–Crippen MR) is 188 cm³/mol. The lowest BCUT2D eigenvalue weighted by Gasteiger charge is -2.35. The molecule has 0 aliphatic heterocycles. The summed E-state index contributed by atoms with van der Waals surface area (Å²) in [7, 11) is 0. The normalized spacial score (nSPS) is 17.4. The quantitative estimate of drug-likeness (QED) is 0.101. The molecule has 0 saturated heterocycles. The van der Waals surface area contributed by atoms with E-state index in [9.17, 15) is 36.7 Å². The number of hydrogen-bond acceptors (Lipinski definition) is 8. The van der Waals surface area contributed by atoms with Crippen molar-refractivity contribution in [2.24, 2.45) is 0 Å². The van der Waals surface area contributed by atoms with E-state index < -0.39 is 46.4 Å². The van der Waals surface area contributed by atoms with Gasteiger partial charge in [0.15, 0.2) is 46.4 Å². The Bertz CT molecular complexity index is 2620. The third-order valence-electron chi connectivity index (χ3n) is 10.3. The van der Waals surface area contributed by atoms with Gasteiger partial charge in [0.2, 0.25) is 0 Å². The molecule has 4 aliphatic carbocycles. The van der Waals surface area contributed by atoms with Crippen molar-refractivity contribution in [3.05, 3.63) is 114 Å². The maximum atomic E-state index is 13.9. The molecule has 0 atom stereocenters. The summed E-state index contributed by atoms with van der Waals surface area (Å²) >= 11 is 6.34. The third kappa shape index (κ3) is 3.96. The Labute approximate surface area is 296 Å². The van der Waals surface area contributed by atoms with Crippen molar-refractivity contribution in [3.8, 4) is 9.75 Å². The molecule has 50 heavy (non-hydrogen) atoms. The van der Waals surface area contributed by atoms with Gasteiger partial charge >= 0.3 is 0 Å². The Morgan fingerprint density at radius 2 is 1.02 bits per heavy atom. The molecule has 4 aliphatic rings. The Kier molecular flexibility index (Phi) is 6.30. The molecule has 4 heterocycles. The van der Waals surface area contributed by atoms with Crippen molar-refractivity contribution in [2.45, 2.75) is 37.5 Å². The summed E-state index contributed by atoms with van der Waals surface area (Å²) in [5.41, 5.74) is 1.55. The van der Waals surface area contributed by atoms with Crippen LogP contribution >= 0.6 is 45.3 Å². The monoisotopic (exact) mass is 742 g/mol. The van der Waals surface area contributed by atoms with Crippen LogP contribution in [0.4, 0.5) is 17.6 Å². The Hall–Kier alpha value is -4.36. The van der Waals surface area contributed by atoms with E-state index in [4.69, 9.17) is 0 Å². The van der Waals surface area contributed by atoms with Gasteiger partial charge in [-0.05, 0) is 67.0 Å². The summed E-state index contributed by atoms with van der Waals surface area (Å²) < 4.78 is 60.0. The highest BCUT2D eigenvalue weighted by Gasteiger charge is 2.48. The minimum Gasteiger partial charge on any atom is -0.288 e. The molecule has 1 fully saturated rings. The predicted octanol–water partition coefficient (Wildman–Crippen LogP) is 11.0. The summed E-state index contributed by atoms with van der Waals surface area (Å²) in [6.07, 6.45) is 8.23. The van der Waals surface area contributed by atoms with Gasteiger partial charge in [-0.3, -0.25) is 19.2 Å². The number of carbonyl (C=O) groups excluding carboxylic acids is 4. The Morgan fingerprint density at radius 3 is 1.54 bits per heavy atom. The van der Waals surface area contributed by atoms with Gasteiger partial charge < -0.3 is 0 Å². The number of allylic oxidation sites excluding steroid dienone is 2. The Balaban J connectivity index is 1.07. The van der Waals surface area contributed by atoms with Crippen LogP contribution in [0.1, 0.15) is 94.4 Å². The molecule has 0 amide bonds. The van der Waals surface area contributed by atoms with Crippen LogP contribution in [0.5, 0.6) is 0 Å². The summed E-state index contributed by atoms with van der Waals surface area (Å²) in [4.78, 5) is 56.0. The number of Topliss-reactive ketones (excluding diaryl/α,β-unsaturated/α-hetero) is 4. The van der Waals surface area contributed by atoms with E-state index in [1.165, 1.54) is 44.6 Å². The van der Waals surface area contributed by atoms with E-state index in [0.29, 0.717) is 4.88 Å². The molecule has 12 heteroatoms.